The number of thiol groups is 1. The van der Waals surface area contributed by atoms with Crippen molar-refractivity contribution in [1.29, 1.82) is 5.26 Å². The van der Waals surface area contributed by atoms with Crippen LogP contribution >= 0.6 is 12.6 Å². The van der Waals surface area contributed by atoms with Gasteiger partial charge in [0, 0.05) is 13.0 Å². The van der Waals surface area contributed by atoms with Gasteiger partial charge in [-0.2, -0.15) is 17.9 Å². The molecule has 0 bridgehead atoms. The lowest BCUT2D eigenvalue weighted by molar-refractivity contribution is 0.300. The zero-order valence-corrected chi connectivity index (χ0v) is 12.6. The van der Waals surface area contributed by atoms with Crippen LogP contribution in [-0.2, 0) is 0 Å². The summed E-state index contributed by atoms with van der Waals surface area (Å²) in [5.41, 5.74) is 0. The van der Waals surface area contributed by atoms with Crippen LogP contribution in [0.2, 0.25) is 6.55 Å². The van der Waals surface area contributed by atoms with Crippen molar-refractivity contribution in [2.24, 2.45) is 0 Å². The number of hydrogen-bond acceptors (Lipinski definition) is 4. The first-order valence-electron chi connectivity index (χ1n) is 6.15. The molecule has 0 aliphatic rings. The molecule has 0 aromatic rings. The molecule has 0 aromatic carbocycles. The molecule has 0 heterocycles. The predicted molar refractivity (Wildman–Crippen MR) is 76.4 cm³/mol. The molecule has 1 unspecified atom stereocenters. The van der Waals surface area contributed by atoms with E-state index in [0.29, 0.717) is 6.42 Å². The van der Waals surface area contributed by atoms with Crippen LogP contribution in [0.1, 0.15) is 45.4 Å². The van der Waals surface area contributed by atoms with Crippen LogP contribution in [0.3, 0.4) is 0 Å². The van der Waals surface area contributed by atoms with Crippen LogP contribution in [0.4, 0.5) is 0 Å². The van der Waals surface area contributed by atoms with Crippen LogP contribution < -0.4 is 0 Å². The van der Waals surface area contributed by atoms with Crippen LogP contribution in [-0.4, -0.2) is 35.0 Å². The molecule has 0 aromatic heterocycles. The first kappa shape index (κ1) is 16.7. The topological polar surface area (TPSA) is 64.2 Å². The van der Waals surface area contributed by atoms with Crippen molar-refractivity contribution in [3.05, 3.63) is 0 Å². The van der Waals surface area contributed by atoms with Gasteiger partial charge in [0.05, 0.1) is 19.8 Å². The van der Waals surface area contributed by atoms with Gasteiger partial charge in [-0.05, 0) is 6.42 Å². The Balaban J connectivity index is 4.56. The summed E-state index contributed by atoms with van der Waals surface area (Å²) in [7, 11) is -1.39. The van der Waals surface area contributed by atoms with E-state index < -0.39 is 12.8 Å². The third-order valence-corrected chi connectivity index (χ3v) is 7.03. The molecular weight excluding hydrogens is 250 g/mol. The summed E-state index contributed by atoms with van der Waals surface area (Å²) in [4.78, 5) is 0. The lowest BCUT2D eigenvalue weighted by Crippen LogP contribution is -2.36. The van der Waals surface area contributed by atoms with Crippen LogP contribution in [0.5, 0.6) is 0 Å². The first-order chi connectivity index (χ1) is 8.01. The Morgan fingerprint density at radius 1 is 1.41 bits per heavy atom. The minimum absolute atomic E-state index is 0.0705. The second kappa shape index (κ2) is 8.73. The Morgan fingerprint density at radius 3 is 2.53 bits per heavy atom. The van der Waals surface area contributed by atoms with E-state index in [9.17, 15) is 10.4 Å². The van der Waals surface area contributed by atoms with Crippen molar-refractivity contribution in [3.63, 3.8) is 0 Å². The Kier molecular flexibility index (Phi) is 8.57. The van der Waals surface area contributed by atoms with Crippen LogP contribution in [0, 0.1) is 11.3 Å². The molecule has 3 nitrogen and oxygen atoms in total. The van der Waals surface area contributed by atoms with Gasteiger partial charge in [-0.3, -0.25) is 0 Å². The highest BCUT2D eigenvalue weighted by Crippen LogP contribution is 2.23. The van der Waals surface area contributed by atoms with Gasteiger partial charge >= 0.3 is 0 Å². The second-order valence-corrected chi connectivity index (χ2v) is 8.19. The highest BCUT2D eigenvalue weighted by atomic mass is 32.1. The van der Waals surface area contributed by atoms with E-state index in [-0.39, 0.29) is 18.4 Å². The number of hydrogen-bond donors (Lipinski definition) is 3. The van der Waals surface area contributed by atoms with Gasteiger partial charge in [0.2, 0.25) is 0 Å². The minimum atomic E-state index is -1.39. The summed E-state index contributed by atoms with van der Waals surface area (Å²) >= 11 is 4.47. The zero-order valence-electron chi connectivity index (χ0n) is 10.7. The Bertz CT molecular complexity index is 301. The summed E-state index contributed by atoms with van der Waals surface area (Å²) in [6, 6.07) is 2.24. The molecule has 0 saturated heterocycles. The van der Waals surface area contributed by atoms with Gasteiger partial charge in [0.15, 0.2) is 0 Å². The van der Waals surface area contributed by atoms with Crippen molar-refractivity contribution >= 4 is 26.4 Å². The first-order valence-corrected chi connectivity index (χ1v) is 8.60. The molecule has 0 fully saturated rings. The van der Waals surface area contributed by atoms with Crippen molar-refractivity contribution in [2.45, 2.75) is 56.4 Å². The summed E-state index contributed by atoms with van der Waals surface area (Å²) in [6.07, 6.45) is 5.40. The van der Waals surface area contributed by atoms with Crippen LogP contribution in [0.15, 0.2) is 0 Å². The van der Waals surface area contributed by atoms with E-state index in [2.05, 4.69) is 25.6 Å². The Labute approximate surface area is 111 Å². The van der Waals surface area contributed by atoms with Gasteiger partial charge < -0.3 is 10.2 Å². The Hall–Kier alpha value is -0.313. The van der Waals surface area contributed by atoms with E-state index in [0.717, 1.165) is 19.3 Å². The molecule has 5 heteroatoms. The fourth-order valence-electron chi connectivity index (χ4n) is 1.67. The van der Waals surface area contributed by atoms with Crippen molar-refractivity contribution in [2.75, 3.05) is 6.61 Å². The average molecular weight is 273 g/mol. The molecule has 0 rings (SSSR count). The van der Waals surface area contributed by atoms with Crippen molar-refractivity contribution in [1.82, 2.24) is 0 Å². The highest BCUT2D eigenvalue weighted by Gasteiger charge is 2.30. The summed E-state index contributed by atoms with van der Waals surface area (Å²) < 4.78 is -0.725. The minimum Gasteiger partial charge on any atom is -0.518 e. The molecule has 2 N–H and O–H groups in total. The van der Waals surface area contributed by atoms with Gasteiger partial charge in [-0.25, -0.2) is 0 Å². The van der Waals surface area contributed by atoms with E-state index in [4.69, 9.17) is 5.11 Å². The third kappa shape index (κ3) is 5.71. The maximum atomic E-state index is 9.79. The number of nitriles is 1. The van der Waals surface area contributed by atoms with Gasteiger partial charge in [0.25, 0.3) is 0 Å². The molecule has 0 spiro atoms. The molecule has 98 valence electrons. The van der Waals surface area contributed by atoms with Gasteiger partial charge in [-0.15, -0.1) is 0 Å². The van der Waals surface area contributed by atoms with Gasteiger partial charge in [0.1, 0.15) is 4.37 Å². The fraction of sp³-hybridized carbons (Fsp3) is 0.833. The molecule has 0 saturated carbocycles. The number of nitrogens with zero attached hydrogens (tertiary/aromatic N) is 1. The summed E-state index contributed by atoms with van der Waals surface area (Å²) in [5, 5.41) is 28.1. The monoisotopic (exact) mass is 273 g/mol. The van der Waals surface area contributed by atoms with Crippen LogP contribution in [0.25, 0.3) is 0 Å². The summed E-state index contributed by atoms with van der Waals surface area (Å²) in [6.45, 7) is 3.97. The average Bonchev–Trinajstić information content (AvgIpc) is 2.33. The standard InChI is InChI=1S/C12H23NO2SSi/c1-3-4-5-6-8-12(16,10-13)17(2)11(15)7-9-14/h14-16H,3-9H2,1-2H3/b17-11-. The largest absolute Gasteiger partial charge is 0.518 e. The molecule has 17 heavy (non-hydrogen) atoms. The molecule has 1 atom stereocenters. The fourth-order valence-corrected chi connectivity index (χ4v) is 3.90. The molecule has 0 aliphatic carbocycles. The third-order valence-electron chi connectivity index (χ3n) is 2.98. The lowest BCUT2D eigenvalue weighted by atomic mass is 10.1. The van der Waals surface area contributed by atoms with Crippen molar-refractivity contribution < 1.29 is 10.2 Å². The Morgan fingerprint density at radius 2 is 2.06 bits per heavy atom. The van der Waals surface area contributed by atoms with Crippen molar-refractivity contribution in [3.8, 4) is 6.07 Å². The number of aliphatic hydroxyl groups excluding tert-OH is 2. The maximum absolute atomic E-state index is 9.79. The number of aliphatic hydroxyl groups is 2. The smallest absolute Gasteiger partial charge is 0.108 e. The quantitative estimate of drug-likeness (QED) is 0.361. The molecule has 0 amide bonds. The molecule has 0 radical (unpaired) electrons. The molecular formula is C12H23NO2SSi. The van der Waals surface area contributed by atoms with Gasteiger partial charge in [-0.1, -0.05) is 39.2 Å². The predicted octanol–water partition coefficient (Wildman–Crippen LogP) is 2.28. The van der Waals surface area contributed by atoms with E-state index in [1.807, 2.05) is 6.55 Å². The lowest BCUT2D eigenvalue weighted by Gasteiger charge is -2.22. The SMILES string of the molecule is CCCCCCC(S)(C#N)/[Si](C)=C(\O)CCO. The van der Waals surface area contributed by atoms with E-state index in [1.165, 1.54) is 6.42 Å². The zero-order chi connectivity index (χ0) is 13.3. The number of unbranched alkanes of at least 4 members (excludes halogenated alkanes) is 3. The summed E-state index contributed by atoms with van der Waals surface area (Å²) in [5.74, 6) is 0. The maximum Gasteiger partial charge on any atom is 0.108 e. The highest BCUT2D eigenvalue weighted by molar-refractivity contribution is 7.84. The number of rotatable bonds is 8. The van der Waals surface area contributed by atoms with E-state index >= 15 is 0 Å². The van der Waals surface area contributed by atoms with E-state index in [1.54, 1.807) is 0 Å². The normalized spacial score (nSPS) is 15.9. The molecule has 0 aliphatic heterocycles. The second-order valence-electron chi connectivity index (χ2n) is 4.33.